The molecule has 5 nitrogen and oxygen atoms in total. The normalized spacial score (nSPS) is 13.9. The molecule has 2 rings (SSSR count). The van der Waals surface area contributed by atoms with Crippen LogP contribution < -0.4 is 5.32 Å². The summed E-state index contributed by atoms with van der Waals surface area (Å²) < 4.78 is 0. The van der Waals surface area contributed by atoms with Crippen molar-refractivity contribution >= 4 is 17.0 Å². The second kappa shape index (κ2) is 6.32. The number of aryl methyl sites for hydroxylation is 1. The number of thiazole rings is 1. The van der Waals surface area contributed by atoms with E-state index in [1.54, 1.807) is 23.5 Å². The highest BCUT2D eigenvalue weighted by Crippen LogP contribution is 2.28. The minimum Gasteiger partial charge on any atom is -0.302 e. The van der Waals surface area contributed by atoms with E-state index < -0.39 is 0 Å². The number of nitro benzene ring substituents is 1. The maximum atomic E-state index is 10.8. The molecular formula is C15H19N3O2S. The fourth-order valence-electron chi connectivity index (χ4n) is 2.04. The molecule has 1 heterocycles. The summed E-state index contributed by atoms with van der Waals surface area (Å²) in [6.07, 6.45) is 0.898. The van der Waals surface area contributed by atoms with Crippen molar-refractivity contribution in [1.29, 1.82) is 0 Å². The zero-order valence-corrected chi connectivity index (χ0v) is 13.2. The molecule has 1 N–H and O–H groups in total. The van der Waals surface area contributed by atoms with Gasteiger partial charge in [-0.2, -0.15) is 0 Å². The van der Waals surface area contributed by atoms with Crippen LogP contribution in [0.2, 0.25) is 0 Å². The summed E-state index contributed by atoms with van der Waals surface area (Å²) in [5.41, 5.74) is 1.82. The number of hydrogen-bond acceptors (Lipinski definition) is 5. The maximum Gasteiger partial charge on any atom is 0.269 e. The van der Waals surface area contributed by atoms with E-state index in [2.05, 4.69) is 24.1 Å². The van der Waals surface area contributed by atoms with Crippen LogP contribution >= 0.6 is 11.3 Å². The van der Waals surface area contributed by atoms with Gasteiger partial charge < -0.3 is 5.32 Å². The van der Waals surface area contributed by atoms with Crippen molar-refractivity contribution in [2.45, 2.75) is 39.3 Å². The van der Waals surface area contributed by atoms with Crippen LogP contribution in [0.5, 0.6) is 0 Å². The van der Waals surface area contributed by atoms with Crippen molar-refractivity contribution in [1.82, 2.24) is 10.3 Å². The zero-order valence-electron chi connectivity index (χ0n) is 12.4. The lowest BCUT2D eigenvalue weighted by Crippen LogP contribution is -2.38. The first-order chi connectivity index (χ1) is 9.94. The Balaban J connectivity index is 2.13. The number of non-ortho nitro benzene ring substituents is 1. The molecule has 0 fully saturated rings. The number of hydrogen-bond donors (Lipinski definition) is 1. The van der Waals surface area contributed by atoms with E-state index >= 15 is 0 Å². The second-order valence-electron chi connectivity index (χ2n) is 5.26. The highest BCUT2D eigenvalue weighted by atomic mass is 32.1. The average Bonchev–Trinajstić information content (AvgIpc) is 2.92. The Morgan fingerprint density at radius 3 is 2.81 bits per heavy atom. The number of rotatable bonds is 6. The van der Waals surface area contributed by atoms with Crippen molar-refractivity contribution in [3.05, 3.63) is 56.0 Å². The summed E-state index contributed by atoms with van der Waals surface area (Å²) in [5.74, 6) is 0. The highest BCUT2D eigenvalue weighted by molar-refractivity contribution is 7.09. The van der Waals surface area contributed by atoms with Crippen LogP contribution in [0, 0.1) is 17.0 Å². The van der Waals surface area contributed by atoms with Crippen LogP contribution in [0.4, 0.5) is 5.69 Å². The molecule has 0 aliphatic heterocycles. The van der Waals surface area contributed by atoms with E-state index in [9.17, 15) is 10.1 Å². The van der Waals surface area contributed by atoms with Gasteiger partial charge in [0.05, 0.1) is 10.5 Å². The van der Waals surface area contributed by atoms with E-state index in [-0.39, 0.29) is 16.1 Å². The van der Waals surface area contributed by atoms with Gasteiger partial charge in [0.15, 0.2) is 0 Å². The van der Waals surface area contributed by atoms with Crippen molar-refractivity contribution in [2.24, 2.45) is 0 Å². The monoisotopic (exact) mass is 305 g/mol. The molecule has 112 valence electrons. The zero-order chi connectivity index (χ0) is 15.5. The molecule has 0 radical (unpaired) electrons. The molecule has 0 saturated carbocycles. The van der Waals surface area contributed by atoms with Crippen molar-refractivity contribution < 1.29 is 4.92 Å². The average molecular weight is 305 g/mol. The van der Waals surface area contributed by atoms with Gasteiger partial charge in [-0.3, -0.25) is 10.1 Å². The van der Waals surface area contributed by atoms with Gasteiger partial charge in [-0.25, -0.2) is 4.98 Å². The van der Waals surface area contributed by atoms with Crippen LogP contribution in [0.1, 0.15) is 36.5 Å². The first kappa shape index (κ1) is 15.6. The number of benzene rings is 1. The molecule has 21 heavy (non-hydrogen) atoms. The Kier molecular flexibility index (Phi) is 4.69. The van der Waals surface area contributed by atoms with Crippen molar-refractivity contribution in [3.8, 4) is 0 Å². The van der Waals surface area contributed by atoms with Crippen LogP contribution in [0.3, 0.4) is 0 Å². The Labute approximate surface area is 128 Å². The third-order valence-electron chi connectivity index (χ3n) is 3.60. The standard InChI is InChI=1S/C15H19N3O2S/c1-4-15(3,14-17-11(2)10-21-14)16-9-12-6-5-7-13(8-12)18(19)20/h5-8,10,16H,4,9H2,1-3H3/t15-/m1/s1. The van der Waals surface area contributed by atoms with Crippen LogP contribution in [-0.4, -0.2) is 9.91 Å². The molecule has 0 amide bonds. The maximum absolute atomic E-state index is 10.8. The number of nitro groups is 1. The van der Waals surface area contributed by atoms with Gasteiger partial charge in [-0.15, -0.1) is 11.3 Å². The number of nitrogens with zero attached hydrogens (tertiary/aromatic N) is 2. The predicted octanol–water partition coefficient (Wildman–Crippen LogP) is 3.77. The van der Waals surface area contributed by atoms with Crippen molar-refractivity contribution in [3.63, 3.8) is 0 Å². The smallest absolute Gasteiger partial charge is 0.269 e. The molecule has 1 atom stereocenters. The Morgan fingerprint density at radius 2 is 2.24 bits per heavy atom. The molecular weight excluding hydrogens is 286 g/mol. The molecule has 0 aliphatic carbocycles. The highest BCUT2D eigenvalue weighted by Gasteiger charge is 2.27. The first-order valence-electron chi connectivity index (χ1n) is 6.85. The number of aromatic nitrogens is 1. The largest absolute Gasteiger partial charge is 0.302 e. The summed E-state index contributed by atoms with van der Waals surface area (Å²) in [6.45, 7) is 6.78. The van der Waals surface area contributed by atoms with E-state index in [0.29, 0.717) is 6.54 Å². The quantitative estimate of drug-likeness (QED) is 0.651. The molecule has 0 spiro atoms. The molecule has 0 unspecified atom stereocenters. The Bertz CT molecular complexity index is 641. The number of nitrogens with one attached hydrogen (secondary N) is 1. The minimum absolute atomic E-state index is 0.123. The minimum atomic E-state index is -0.368. The molecule has 2 aromatic rings. The lowest BCUT2D eigenvalue weighted by Gasteiger charge is -2.27. The summed E-state index contributed by atoms with van der Waals surface area (Å²) in [4.78, 5) is 15.0. The fraction of sp³-hybridized carbons (Fsp3) is 0.400. The van der Waals surface area contributed by atoms with Crippen molar-refractivity contribution in [2.75, 3.05) is 0 Å². The van der Waals surface area contributed by atoms with E-state index in [1.807, 2.05) is 18.4 Å². The van der Waals surface area contributed by atoms with Crippen LogP contribution in [0.25, 0.3) is 0 Å². The summed E-state index contributed by atoms with van der Waals surface area (Å²) >= 11 is 1.64. The molecule has 1 aromatic heterocycles. The molecule has 0 aliphatic rings. The van der Waals surface area contributed by atoms with Gasteiger partial charge in [0.25, 0.3) is 5.69 Å². The third kappa shape index (κ3) is 3.65. The van der Waals surface area contributed by atoms with E-state index in [4.69, 9.17) is 0 Å². The Hall–Kier alpha value is -1.79. The fourth-order valence-corrected chi connectivity index (χ4v) is 3.04. The van der Waals surface area contributed by atoms with Gasteiger partial charge in [-0.1, -0.05) is 19.1 Å². The van der Waals surface area contributed by atoms with Gasteiger partial charge in [-0.05, 0) is 25.8 Å². The molecule has 0 bridgehead atoms. The van der Waals surface area contributed by atoms with Gasteiger partial charge >= 0.3 is 0 Å². The lowest BCUT2D eigenvalue weighted by atomic mass is 9.99. The predicted molar refractivity (Wildman–Crippen MR) is 84.4 cm³/mol. The Morgan fingerprint density at radius 1 is 1.48 bits per heavy atom. The van der Waals surface area contributed by atoms with E-state index in [0.717, 1.165) is 22.7 Å². The molecule has 6 heteroatoms. The van der Waals surface area contributed by atoms with Crippen LogP contribution in [0.15, 0.2) is 29.6 Å². The van der Waals surface area contributed by atoms with Crippen LogP contribution in [-0.2, 0) is 12.1 Å². The van der Waals surface area contributed by atoms with E-state index in [1.165, 1.54) is 6.07 Å². The summed E-state index contributed by atoms with van der Waals surface area (Å²) in [5, 5.41) is 17.4. The third-order valence-corrected chi connectivity index (χ3v) is 4.83. The summed E-state index contributed by atoms with van der Waals surface area (Å²) in [7, 11) is 0. The topological polar surface area (TPSA) is 68.1 Å². The first-order valence-corrected chi connectivity index (χ1v) is 7.73. The SMILES string of the molecule is CC[C@@](C)(NCc1cccc([N+](=O)[O-])c1)c1nc(C)cs1. The van der Waals surface area contributed by atoms with Gasteiger partial charge in [0.1, 0.15) is 5.01 Å². The second-order valence-corrected chi connectivity index (χ2v) is 6.12. The summed E-state index contributed by atoms with van der Waals surface area (Å²) in [6, 6.07) is 6.72. The van der Waals surface area contributed by atoms with Gasteiger partial charge in [0, 0.05) is 29.8 Å². The molecule has 1 aromatic carbocycles. The lowest BCUT2D eigenvalue weighted by molar-refractivity contribution is -0.384. The molecule has 0 saturated heterocycles. The van der Waals surface area contributed by atoms with Gasteiger partial charge in [0.2, 0.25) is 0 Å².